The molecule has 3 heterocycles. The number of fused-ring (bicyclic) bond motifs is 1. The van der Waals surface area contributed by atoms with E-state index in [0.29, 0.717) is 11.3 Å². The minimum atomic E-state index is -1.99. The molecule has 4 aromatic rings. The van der Waals surface area contributed by atoms with E-state index in [1.54, 1.807) is 12.1 Å². The molecule has 10 atom stereocenters. The van der Waals surface area contributed by atoms with Crippen molar-refractivity contribution in [3.05, 3.63) is 69.9 Å². The van der Waals surface area contributed by atoms with Crippen LogP contribution in [0.2, 0.25) is 0 Å². The lowest BCUT2D eigenvalue weighted by molar-refractivity contribution is -0.355. The summed E-state index contributed by atoms with van der Waals surface area (Å²) >= 11 is 0. The molecule has 0 radical (unpaired) electrons. The second-order valence-corrected chi connectivity index (χ2v) is 14.4. The van der Waals surface area contributed by atoms with Crippen LogP contribution in [0.5, 0.6) is 40.2 Å². The zero-order valence-electron chi connectivity index (χ0n) is 34.1. The number of hydrogen-bond acceptors (Lipinski definition) is 20. The summed E-state index contributed by atoms with van der Waals surface area (Å²) in [6, 6.07) is 11.0. The van der Waals surface area contributed by atoms with Gasteiger partial charge in [-0.1, -0.05) is 0 Å². The molecule has 0 unspecified atom stereocenters. The number of carbonyl (C=O) groups is 2. The van der Waals surface area contributed by atoms with Crippen LogP contribution >= 0.6 is 0 Å². The number of esters is 2. The first-order valence-corrected chi connectivity index (χ1v) is 19.0. The fourth-order valence-corrected chi connectivity index (χ4v) is 6.86. The monoisotopic (exact) mass is 870 g/mol. The van der Waals surface area contributed by atoms with E-state index in [0.717, 1.165) is 19.1 Å². The molecule has 0 spiro atoms. The zero-order chi connectivity index (χ0) is 45.2. The van der Waals surface area contributed by atoms with Gasteiger partial charge in [0.15, 0.2) is 35.8 Å². The van der Waals surface area contributed by atoms with Crippen molar-refractivity contribution in [2.24, 2.45) is 0 Å². The SMILES string of the molecule is COc1ccc(-c2oc3cc(O)cc(O)c3c(=O)c2O[C@@H]2O[C@H](COC(C)=O)[C@@H](O)[C@H](O)[C@H]2O[C@@H]2O[C@@H](C)[C@H](OC(=O)C(C)=Cc3cc(OC)c(O)c(OC)c3)[C@@H](O)[C@H]2O)cc1. The summed E-state index contributed by atoms with van der Waals surface area (Å²) in [4.78, 5) is 39.1. The van der Waals surface area contributed by atoms with Gasteiger partial charge < -0.3 is 82.8 Å². The molecule has 2 aliphatic heterocycles. The van der Waals surface area contributed by atoms with Crippen molar-refractivity contribution in [2.75, 3.05) is 27.9 Å². The van der Waals surface area contributed by atoms with Crippen LogP contribution in [0.3, 0.4) is 0 Å². The van der Waals surface area contributed by atoms with E-state index in [9.17, 15) is 50.1 Å². The summed E-state index contributed by atoms with van der Waals surface area (Å²) in [5.74, 6) is -3.33. The van der Waals surface area contributed by atoms with Crippen LogP contribution in [-0.4, -0.2) is 137 Å². The van der Waals surface area contributed by atoms with Crippen LogP contribution < -0.4 is 24.4 Å². The number of phenolic OH excluding ortho intramolecular Hbond substituents is 3. The Morgan fingerprint density at radius 1 is 0.790 bits per heavy atom. The first-order valence-electron chi connectivity index (χ1n) is 19.0. The van der Waals surface area contributed by atoms with Gasteiger partial charge in [-0.3, -0.25) is 9.59 Å². The third-order valence-corrected chi connectivity index (χ3v) is 10.1. The van der Waals surface area contributed by atoms with Crippen LogP contribution in [-0.2, 0) is 33.3 Å². The summed E-state index contributed by atoms with van der Waals surface area (Å²) in [5, 5.41) is 75.9. The van der Waals surface area contributed by atoms with Crippen LogP contribution in [0.25, 0.3) is 28.4 Å². The maximum Gasteiger partial charge on any atom is 0.334 e. The molecule has 2 fully saturated rings. The summed E-state index contributed by atoms with van der Waals surface area (Å²) < 4.78 is 56.1. The van der Waals surface area contributed by atoms with Crippen molar-refractivity contribution in [1.82, 2.24) is 0 Å². The lowest BCUT2D eigenvalue weighted by Crippen LogP contribution is -2.65. The Kier molecular flexibility index (Phi) is 13.8. The predicted octanol–water partition coefficient (Wildman–Crippen LogP) is 1.86. The fourth-order valence-electron chi connectivity index (χ4n) is 6.86. The Morgan fingerprint density at radius 3 is 2.05 bits per heavy atom. The lowest BCUT2D eigenvalue weighted by Gasteiger charge is -2.46. The number of benzene rings is 3. The second kappa shape index (κ2) is 18.9. The predicted molar refractivity (Wildman–Crippen MR) is 212 cm³/mol. The van der Waals surface area contributed by atoms with Crippen molar-refractivity contribution in [2.45, 2.75) is 82.2 Å². The minimum Gasteiger partial charge on any atom is -0.508 e. The van der Waals surface area contributed by atoms with Crippen molar-refractivity contribution >= 4 is 29.0 Å². The molecular weight excluding hydrogens is 824 g/mol. The average Bonchev–Trinajstić information content (AvgIpc) is 3.24. The maximum absolute atomic E-state index is 14.2. The Balaban J connectivity index is 1.30. The van der Waals surface area contributed by atoms with E-state index in [1.807, 2.05) is 0 Å². The molecule has 6 rings (SSSR count). The molecular formula is C42H46O20. The Hall–Kier alpha value is -6.13. The highest BCUT2D eigenvalue weighted by atomic mass is 16.8. The zero-order valence-corrected chi connectivity index (χ0v) is 34.1. The third-order valence-electron chi connectivity index (χ3n) is 10.1. The number of phenols is 3. The highest BCUT2D eigenvalue weighted by molar-refractivity contribution is 5.93. The van der Waals surface area contributed by atoms with Crippen molar-refractivity contribution < 1.29 is 92.4 Å². The Bertz CT molecular complexity index is 2330. The normalized spacial score (nSPS) is 26.4. The number of aromatic hydroxyl groups is 3. The lowest BCUT2D eigenvalue weighted by atomic mass is 9.97. The maximum atomic E-state index is 14.2. The van der Waals surface area contributed by atoms with Crippen LogP contribution in [0.15, 0.2) is 63.3 Å². The molecule has 0 aliphatic carbocycles. The van der Waals surface area contributed by atoms with Gasteiger partial charge in [-0.2, -0.15) is 0 Å². The number of aliphatic hydroxyl groups excluding tert-OH is 4. The summed E-state index contributed by atoms with van der Waals surface area (Å²) in [5.41, 5.74) is -0.573. The highest BCUT2D eigenvalue weighted by Crippen LogP contribution is 2.40. The first kappa shape index (κ1) is 45.4. The molecule has 2 saturated heterocycles. The summed E-state index contributed by atoms with van der Waals surface area (Å²) in [7, 11) is 4.10. The summed E-state index contributed by atoms with van der Waals surface area (Å²) in [6.45, 7) is 3.31. The molecule has 2 aliphatic rings. The van der Waals surface area contributed by atoms with Crippen LogP contribution in [0, 0.1) is 0 Å². The van der Waals surface area contributed by atoms with E-state index in [2.05, 4.69) is 0 Å². The van der Waals surface area contributed by atoms with Gasteiger partial charge in [0, 0.05) is 30.2 Å². The van der Waals surface area contributed by atoms with Gasteiger partial charge >= 0.3 is 11.9 Å². The third kappa shape index (κ3) is 9.36. The Morgan fingerprint density at radius 2 is 1.44 bits per heavy atom. The van der Waals surface area contributed by atoms with Crippen molar-refractivity contribution in [3.63, 3.8) is 0 Å². The van der Waals surface area contributed by atoms with Gasteiger partial charge in [-0.05, 0) is 61.9 Å². The minimum absolute atomic E-state index is 0.0316. The molecule has 1 aromatic heterocycles. The van der Waals surface area contributed by atoms with Gasteiger partial charge in [0.1, 0.15) is 65.3 Å². The number of methoxy groups -OCH3 is 3. The molecule has 0 amide bonds. The standard InChI is InChI=1S/C42H46O20/c1-17(11-20-12-26(54-5)30(46)27(13-20)55-6)40(52)60-36-18(2)57-41(35(51)34(36)50)62-39-33(49)31(47)28(16-56-19(3)43)59-42(39)61-38-32(48)29-24(45)14-22(44)15-25(29)58-37(38)21-7-9-23(53-4)10-8-21/h7-15,18,28,31,33-36,39,41-42,44-47,49-51H,16H2,1-6H3/t18-,28+,31+,33-,34-,35+,36-,39+,41-,42-/m0/s1. The molecule has 0 saturated carbocycles. The Labute approximate surface area is 352 Å². The van der Waals surface area contributed by atoms with Crippen molar-refractivity contribution in [3.8, 4) is 51.6 Å². The van der Waals surface area contributed by atoms with E-state index >= 15 is 0 Å². The second-order valence-electron chi connectivity index (χ2n) is 14.4. The van der Waals surface area contributed by atoms with Gasteiger partial charge in [-0.25, -0.2) is 4.79 Å². The molecule has 7 N–H and O–H groups in total. The van der Waals surface area contributed by atoms with Gasteiger partial charge in [0.25, 0.3) is 0 Å². The van der Waals surface area contributed by atoms with Gasteiger partial charge in [0.2, 0.25) is 23.2 Å². The van der Waals surface area contributed by atoms with E-state index in [4.69, 9.17) is 47.0 Å². The van der Waals surface area contributed by atoms with Gasteiger partial charge in [-0.15, -0.1) is 0 Å². The molecule has 20 nitrogen and oxygen atoms in total. The number of hydrogen-bond donors (Lipinski definition) is 7. The molecule has 62 heavy (non-hydrogen) atoms. The van der Waals surface area contributed by atoms with Gasteiger partial charge in [0.05, 0.1) is 27.4 Å². The molecule has 3 aromatic carbocycles. The molecule has 20 heteroatoms. The largest absolute Gasteiger partial charge is 0.508 e. The number of carbonyl (C=O) groups excluding carboxylic acids is 2. The van der Waals surface area contributed by atoms with Crippen molar-refractivity contribution in [1.29, 1.82) is 0 Å². The first-order chi connectivity index (χ1) is 29.4. The quantitative estimate of drug-likeness (QED) is 0.0745. The number of rotatable bonds is 13. The number of aliphatic hydroxyl groups is 4. The molecule has 334 valence electrons. The smallest absolute Gasteiger partial charge is 0.334 e. The highest BCUT2D eigenvalue weighted by Gasteiger charge is 2.52. The van der Waals surface area contributed by atoms with E-state index in [1.165, 1.54) is 65.5 Å². The topological polar surface area (TPSA) is 289 Å². The summed E-state index contributed by atoms with van der Waals surface area (Å²) in [6.07, 6.45) is -16.1. The van der Waals surface area contributed by atoms with E-state index < -0.39 is 108 Å². The van der Waals surface area contributed by atoms with Crippen LogP contribution in [0.1, 0.15) is 26.3 Å². The van der Waals surface area contributed by atoms with Crippen LogP contribution in [0.4, 0.5) is 0 Å². The van der Waals surface area contributed by atoms with E-state index in [-0.39, 0.29) is 39.7 Å². The molecule has 0 bridgehead atoms. The average molecular weight is 871 g/mol. The number of ether oxygens (including phenoxy) is 9. The fraction of sp³-hybridized carbons (Fsp3) is 0.405.